The first-order valence-electron chi connectivity index (χ1n) is 8.36. The number of esters is 1. The molecule has 1 aromatic heterocycles. The van der Waals surface area contributed by atoms with Crippen LogP contribution in [0.2, 0.25) is 0 Å². The standard InChI is InChI=1S/C17H24N2O5/c1-10-13(16(21)22-3)11(2)18-14(10)15(20)19-7-5-4-6-12(19)17-23-8-9-24-17/h12,17-18H,4-9H2,1-3H3/t12-/m0/s1. The molecule has 3 rings (SSSR count). The number of piperidine rings is 1. The smallest absolute Gasteiger partial charge is 0.339 e. The van der Waals surface area contributed by atoms with Crippen LogP contribution in [0.15, 0.2) is 0 Å². The molecule has 2 fully saturated rings. The number of H-pyrrole nitrogens is 1. The van der Waals surface area contributed by atoms with E-state index in [2.05, 4.69) is 4.98 Å². The summed E-state index contributed by atoms with van der Waals surface area (Å²) in [6, 6.07) is -0.0849. The molecule has 3 heterocycles. The van der Waals surface area contributed by atoms with Gasteiger partial charge in [-0.15, -0.1) is 0 Å². The summed E-state index contributed by atoms with van der Waals surface area (Å²) >= 11 is 0. The molecule has 2 aliphatic heterocycles. The summed E-state index contributed by atoms with van der Waals surface area (Å²) in [5.74, 6) is -0.549. The Labute approximate surface area is 141 Å². The van der Waals surface area contributed by atoms with E-state index in [1.165, 1.54) is 7.11 Å². The molecule has 7 heteroatoms. The number of carbonyl (C=O) groups is 2. The largest absolute Gasteiger partial charge is 0.465 e. The lowest BCUT2D eigenvalue weighted by molar-refractivity contribution is -0.100. The zero-order chi connectivity index (χ0) is 17.3. The molecular weight excluding hydrogens is 312 g/mol. The van der Waals surface area contributed by atoms with Gasteiger partial charge >= 0.3 is 5.97 Å². The number of hydrogen-bond acceptors (Lipinski definition) is 5. The summed E-state index contributed by atoms with van der Waals surface area (Å²) in [6.45, 7) is 5.34. The average molecular weight is 336 g/mol. The molecule has 24 heavy (non-hydrogen) atoms. The molecule has 2 saturated heterocycles. The number of hydrogen-bond donors (Lipinski definition) is 1. The first-order chi connectivity index (χ1) is 11.5. The quantitative estimate of drug-likeness (QED) is 0.851. The van der Waals surface area contributed by atoms with E-state index in [9.17, 15) is 9.59 Å². The highest BCUT2D eigenvalue weighted by Crippen LogP contribution is 2.28. The molecule has 1 aromatic rings. The van der Waals surface area contributed by atoms with Crippen LogP contribution in [0.25, 0.3) is 0 Å². The lowest BCUT2D eigenvalue weighted by atomic mass is 10.0. The van der Waals surface area contributed by atoms with Crippen LogP contribution in [0.3, 0.4) is 0 Å². The summed E-state index contributed by atoms with van der Waals surface area (Å²) in [5.41, 5.74) is 2.15. The Morgan fingerprint density at radius 3 is 2.58 bits per heavy atom. The topological polar surface area (TPSA) is 80.9 Å². The minimum absolute atomic E-state index is 0.0849. The SMILES string of the molecule is COC(=O)c1c(C)[nH]c(C(=O)N2CCCC[C@H]2C2OCCO2)c1C. The van der Waals surface area contributed by atoms with Crippen molar-refractivity contribution < 1.29 is 23.8 Å². The number of aromatic amines is 1. The molecule has 0 radical (unpaired) electrons. The summed E-state index contributed by atoms with van der Waals surface area (Å²) in [5, 5.41) is 0. The molecule has 132 valence electrons. The van der Waals surface area contributed by atoms with Crippen LogP contribution in [0.1, 0.15) is 51.4 Å². The van der Waals surface area contributed by atoms with Crippen LogP contribution in [-0.2, 0) is 14.2 Å². The highest BCUT2D eigenvalue weighted by Gasteiger charge is 2.38. The van der Waals surface area contributed by atoms with Gasteiger partial charge in [0, 0.05) is 12.2 Å². The first-order valence-corrected chi connectivity index (χ1v) is 8.36. The third-order valence-corrected chi connectivity index (χ3v) is 4.81. The van der Waals surface area contributed by atoms with Crippen LogP contribution < -0.4 is 0 Å². The van der Waals surface area contributed by atoms with E-state index >= 15 is 0 Å². The lowest BCUT2D eigenvalue weighted by Gasteiger charge is -2.37. The Morgan fingerprint density at radius 1 is 1.21 bits per heavy atom. The van der Waals surface area contributed by atoms with E-state index in [-0.39, 0.29) is 18.2 Å². The van der Waals surface area contributed by atoms with Crippen LogP contribution in [0.4, 0.5) is 0 Å². The third-order valence-electron chi connectivity index (χ3n) is 4.81. The predicted molar refractivity (Wildman–Crippen MR) is 86.0 cm³/mol. The molecule has 7 nitrogen and oxygen atoms in total. The molecular formula is C17H24N2O5. The van der Waals surface area contributed by atoms with Crippen molar-refractivity contribution in [3.63, 3.8) is 0 Å². The van der Waals surface area contributed by atoms with Crippen molar-refractivity contribution in [2.45, 2.75) is 45.4 Å². The minimum Gasteiger partial charge on any atom is -0.465 e. The van der Waals surface area contributed by atoms with Gasteiger partial charge < -0.3 is 24.1 Å². The molecule has 0 unspecified atom stereocenters. The molecule has 0 aliphatic carbocycles. The van der Waals surface area contributed by atoms with Crippen molar-refractivity contribution in [3.8, 4) is 0 Å². The van der Waals surface area contributed by atoms with Crippen molar-refractivity contribution in [3.05, 3.63) is 22.5 Å². The number of aromatic nitrogens is 1. The van der Waals surface area contributed by atoms with Crippen molar-refractivity contribution >= 4 is 11.9 Å². The molecule has 1 atom stereocenters. The van der Waals surface area contributed by atoms with E-state index < -0.39 is 5.97 Å². The van der Waals surface area contributed by atoms with Gasteiger partial charge in [0.05, 0.1) is 31.9 Å². The molecule has 2 aliphatic rings. The maximum absolute atomic E-state index is 13.1. The number of carbonyl (C=O) groups excluding carboxylic acids is 2. The summed E-state index contributed by atoms with van der Waals surface area (Å²) in [6.07, 6.45) is 2.51. The van der Waals surface area contributed by atoms with Gasteiger partial charge in [0.25, 0.3) is 5.91 Å². The Kier molecular flexibility index (Phi) is 4.91. The Balaban J connectivity index is 1.88. The van der Waals surface area contributed by atoms with Crippen molar-refractivity contribution in [2.75, 3.05) is 26.9 Å². The Morgan fingerprint density at radius 2 is 1.92 bits per heavy atom. The van der Waals surface area contributed by atoms with Crippen molar-refractivity contribution in [2.24, 2.45) is 0 Å². The number of ether oxygens (including phenoxy) is 3. The summed E-state index contributed by atoms with van der Waals surface area (Å²) < 4.78 is 16.1. The highest BCUT2D eigenvalue weighted by molar-refractivity contribution is 6.00. The highest BCUT2D eigenvalue weighted by atomic mass is 16.7. The number of rotatable bonds is 3. The third kappa shape index (κ3) is 2.93. The zero-order valence-corrected chi connectivity index (χ0v) is 14.4. The number of nitrogens with one attached hydrogen (secondary N) is 1. The molecule has 0 aromatic carbocycles. The molecule has 0 saturated carbocycles. The lowest BCUT2D eigenvalue weighted by Crippen LogP contribution is -2.50. The number of nitrogens with zero attached hydrogens (tertiary/aromatic N) is 1. The molecule has 1 amide bonds. The summed E-state index contributed by atoms with van der Waals surface area (Å²) in [4.78, 5) is 29.9. The van der Waals surface area contributed by atoms with E-state index in [1.807, 2.05) is 4.90 Å². The Hall–Kier alpha value is -1.86. The number of methoxy groups -OCH3 is 1. The van der Waals surface area contributed by atoms with Crippen molar-refractivity contribution in [1.29, 1.82) is 0 Å². The van der Waals surface area contributed by atoms with Crippen LogP contribution in [0.5, 0.6) is 0 Å². The van der Waals surface area contributed by atoms with Crippen LogP contribution in [0, 0.1) is 13.8 Å². The fourth-order valence-electron chi connectivity index (χ4n) is 3.61. The normalized spacial score (nSPS) is 22.0. The van der Waals surface area contributed by atoms with Gasteiger partial charge in [-0.3, -0.25) is 4.79 Å². The van der Waals surface area contributed by atoms with Gasteiger partial charge in [-0.05, 0) is 38.7 Å². The number of amides is 1. The second-order valence-electron chi connectivity index (χ2n) is 6.29. The summed E-state index contributed by atoms with van der Waals surface area (Å²) in [7, 11) is 1.34. The van der Waals surface area contributed by atoms with Crippen molar-refractivity contribution in [1.82, 2.24) is 9.88 Å². The van der Waals surface area contributed by atoms with Crippen LogP contribution >= 0.6 is 0 Å². The van der Waals surface area contributed by atoms with E-state index in [4.69, 9.17) is 14.2 Å². The maximum Gasteiger partial charge on any atom is 0.339 e. The van der Waals surface area contributed by atoms with Gasteiger partial charge in [0.15, 0.2) is 6.29 Å². The predicted octanol–water partition coefficient (Wildman–Crippen LogP) is 1.79. The Bertz CT molecular complexity index is 633. The average Bonchev–Trinajstić information content (AvgIpc) is 3.22. The number of aryl methyl sites for hydroxylation is 1. The van der Waals surface area contributed by atoms with Gasteiger partial charge in [0.2, 0.25) is 0 Å². The van der Waals surface area contributed by atoms with E-state index in [0.29, 0.717) is 42.3 Å². The van der Waals surface area contributed by atoms with Gasteiger partial charge in [-0.1, -0.05) is 0 Å². The first kappa shape index (κ1) is 17.0. The molecule has 0 spiro atoms. The fraction of sp³-hybridized carbons (Fsp3) is 0.647. The van der Waals surface area contributed by atoms with E-state index in [0.717, 1.165) is 19.3 Å². The fourth-order valence-corrected chi connectivity index (χ4v) is 3.61. The minimum atomic E-state index is -0.432. The zero-order valence-electron chi connectivity index (χ0n) is 14.4. The molecule has 0 bridgehead atoms. The van der Waals surface area contributed by atoms with Gasteiger partial charge in [0.1, 0.15) is 5.69 Å². The van der Waals surface area contributed by atoms with E-state index in [1.54, 1.807) is 13.8 Å². The van der Waals surface area contributed by atoms with Gasteiger partial charge in [-0.25, -0.2) is 4.79 Å². The van der Waals surface area contributed by atoms with Crippen LogP contribution in [-0.4, -0.2) is 61.0 Å². The second-order valence-corrected chi connectivity index (χ2v) is 6.29. The second kappa shape index (κ2) is 6.94. The maximum atomic E-state index is 13.1. The van der Waals surface area contributed by atoms with Gasteiger partial charge in [-0.2, -0.15) is 0 Å². The monoisotopic (exact) mass is 336 g/mol. The number of likely N-dealkylation sites (tertiary alicyclic amines) is 1. The molecule has 1 N–H and O–H groups in total.